The lowest BCUT2D eigenvalue weighted by Crippen LogP contribution is -2.44. The number of carbonyl (C=O) groups excluding carboxylic acids is 2. The molecular formula is C17H22FN3O2. The Morgan fingerprint density at radius 1 is 1.39 bits per heavy atom. The molecule has 124 valence electrons. The number of carbonyl (C=O) groups is 2. The lowest BCUT2D eigenvalue weighted by molar-refractivity contribution is -0.136. The molecule has 2 aliphatic heterocycles. The predicted molar refractivity (Wildman–Crippen MR) is 85.6 cm³/mol. The van der Waals surface area contributed by atoms with Crippen molar-refractivity contribution in [3.63, 3.8) is 0 Å². The zero-order chi connectivity index (χ0) is 16.4. The van der Waals surface area contributed by atoms with Crippen LogP contribution >= 0.6 is 0 Å². The quantitative estimate of drug-likeness (QED) is 0.891. The van der Waals surface area contributed by atoms with E-state index in [-0.39, 0.29) is 18.2 Å². The average molecular weight is 319 g/mol. The summed E-state index contributed by atoms with van der Waals surface area (Å²) in [6.45, 7) is 2.41. The van der Waals surface area contributed by atoms with Gasteiger partial charge in [0.15, 0.2) is 0 Å². The number of fused-ring (bicyclic) bond motifs is 1. The smallest absolute Gasteiger partial charge is 0.230 e. The van der Waals surface area contributed by atoms with Crippen LogP contribution in [0.5, 0.6) is 0 Å². The fourth-order valence-corrected chi connectivity index (χ4v) is 3.52. The van der Waals surface area contributed by atoms with Gasteiger partial charge in [-0.3, -0.25) is 9.59 Å². The van der Waals surface area contributed by atoms with E-state index in [1.54, 1.807) is 6.07 Å². The first-order valence-electron chi connectivity index (χ1n) is 8.11. The van der Waals surface area contributed by atoms with Crippen LogP contribution in [0.2, 0.25) is 0 Å². The van der Waals surface area contributed by atoms with Crippen molar-refractivity contribution in [3.8, 4) is 0 Å². The molecule has 3 rings (SSSR count). The second-order valence-electron chi connectivity index (χ2n) is 6.36. The number of anilines is 1. The molecular weight excluding hydrogens is 297 g/mol. The molecule has 2 N–H and O–H groups in total. The predicted octanol–water partition coefficient (Wildman–Crippen LogP) is 1.71. The number of likely N-dealkylation sites (tertiary alicyclic amines) is 1. The normalized spacial score (nSPS) is 21.7. The number of piperidine rings is 1. The van der Waals surface area contributed by atoms with Crippen molar-refractivity contribution >= 4 is 17.5 Å². The SMILES string of the molecule is CNCC1CCN(C(=O)C2CC(=O)Nc3cc(F)ccc32)CC1. The molecule has 2 amide bonds. The van der Waals surface area contributed by atoms with Crippen LogP contribution in [-0.4, -0.2) is 43.4 Å². The Kier molecular flexibility index (Phi) is 4.61. The van der Waals surface area contributed by atoms with E-state index in [1.165, 1.54) is 12.1 Å². The van der Waals surface area contributed by atoms with Crippen molar-refractivity contribution in [1.29, 1.82) is 0 Å². The molecule has 5 nitrogen and oxygen atoms in total. The molecule has 0 spiro atoms. The molecule has 2 aliphatic rings. The number of nitrogens with zero attached hydrogens (tertiary/aromatic N) is 1. The van der Waals surface area contributed by atoms with Gasteiger partial charge in [-0.1, -0.05) is 6.07 Å². The van der Waals surface area contributed by atoms with Crippen molar-refractivity contribution in [3.05, 3.63) is 29.6 Å². The molecule has 0 radical (unpaired) electrons. The third kappa shape index (κ3) is 3.37. The Hall–Kier alpha value is -1.95. The minimum atomic E-state index is -0.500. The summed E-state index contributed by atoms with van der Waals surface area (Å²) in [6, 6.07) is 4.24. The fraction of sp³-hybridized carbons (Fsp3) is 0.529. The average Bonchev–Trinajstić information content (AvgIpc) is 2.54. The molecule has 6 heteroatoms. The van der Waals surface area contributed by atoms with Gasteiger partial charge in [0.25, 0.3) is 0 Å². The summed E-state index contributed by atoms with van der Waals surface area (Å²) in [5.41, 5.74) is 1.14. The van der Waals surface area contributed by atoms with Crippen LogP contribution in [0, 0.1) is 11.7 Å². The number of amides is 2. The second-order valence-corrected chi connectivity index (χ2v) is 6.36. The molecule has 0 aliphatic carbocycles. The summed E-state index contributed by atoms with van der Waals surface area (Å²) in [4.78, 5) is 26.6. The third-order valence-corrected chi connectivity index (χ3v) is 4.77. The maximum atomic E-state index is 13.4. The van der Waals surface area contributed by atoms with Gasteiger partial charge in [0.05, 0.1) is 5.92 Å². The standard InChI is InChI=1S/C17H22FN3O2/c1-19-10-11-4-6-21(7-5-11)17(23)14-9-16(22)20-15-8-12(18)2-3-13(14)15/h2-3,8,11,14,19H,4-7,9-10H2,1H3,(H,20,22). The van der Waals surface area contributed by atoms with E-state index < -0.39 is 11.7 Å². The topological polar surface area (TPSA) is 61.4 Å². The molecule has 23 heavy (non-hydrogen) atoms. The summed E-state index contributed by atoms with van der Waals surface area (Å²) >= 11 is 0. The highest BCUT2D eigenvalue weighted by atomic mass is 19.1. The molecule has 0 bridgehead atoms. The molecule has 1 unspecified atom stereocenters. The molecule has 2 heterocycles. The van der Waals surface area contributed by atoms with Crippen molar-refractivity contribution in [2.45, 2.75) is 25.2 Å². The number of hydrogen-bond donors (Lipinski definition) is 2. The van der Waals surface area contributed by atoms with Crippen LogP contribution in [0.4, 0.5) is 10.1 Å². The zero-order valence-corrected chi connectivity index (χ0v) is 13.3. The van der Waals surface area contributed by atoms with E-state index >= 15 is 0 Å². The first kappa shape index (κ1) is 15.9. The maximum absolute atomic E-state index is 13.4. The van der Waals surface area contributed by atoms with Crippen molar-refractivity contribution in [1.82, 2.24) is 10.2 Å². The zero-order valence-electron chi connectivity index (χ0n) is 13.3. The van der Waals surface area contributed by atoms with E-state index in [9.17, 15) is 14.0 Å². The van der Waals surface area contributed by atoms with Gasteiger partial charge in [-0.15, -0.1) is 0 Å². The van der Waals surface area contributed by atoms with Gasteiger partial charge in [0.2, 0.25) is 11.8 Å². The molecule has 1 aromatic carbocycles. The van der Waals surface area contributed by atoms with Gasteiger partial charge in [-0.05, 0) is 50.0 Å². The van der Waals surface area contributed by atoms with Crippen molar-refractivity contribution < 1.29 is 14.0 Å². The van der Waals surface area contributed by atoms with E-state index in [0.29, 0.717) is 17.2 Å². The Morgan fingerprint density at radius 2 is 2.13 bits per heavy atom. The maximum Gasteiger partial charge on any atom is 0.230 e. The first-order chi connectivity index (χ1) is 11.1. The molecule has 1 atom stereocenters. The number of hydrogen-bond acceptors (Lipinski definition) is 3. The van der Waals surface area contributed by atoms with Gasteiger partial charge in [0.1, 0.15) is 5.82 Å². The summed E-state index contributed by atoms with van der Waals surface area (Å²) in [6.07, 6.45) is 2.08. The highest BCUT2D eigenvalue weighted by Gasteiger charge is 2.34. The van der Waals surface area contributed by atoms with Crippen molar-refractivity contribution in [2.75, 3.05) is 32.0 Å². The molecule has 1 saturated heterocycles. The minimum Gasteiger partial charge on any atom is -0.342 e. The summed E-state index contributed by atoms with van der Waals surface area (Å²) in [5.74, 6) is -0.563. The number of nitrogens with one attached hydrogen (secondary N) is 2. The largest absolute Gasteiger partial charge is 0.342 e. The Morgan fingerprint density at radius 3 is 2.83 bits per heavy atom. The number of rotatable bonds is 3. The van der Waals surface area contributed by atoms with Crippen LogP contribution in [0.1, 0.15) is 30.7 Å². The first-order valence-corrected chi connectivity index (χ1v) is 8.11. The van der Waals surface area contributed by atoms with E-state index in [2.05, 4.69) is 10.6 Å². The van der Waals surface area contributed by atoms with E-state index in [0.717, 1.165) is 32.5 Å². The fourth-order valence-electron chi connectivity index (χ4n) is 3.52. The molecule has 0 saturated carbocycles. The van der Waals surface area contributed by atoms with Crippen molar-refractivity contribution in [2.24, 2.45) is 5.92 Å². The third-order valence-electron chi connectivity index (χ3n) is 4.77. The summed E-state index contributed by atoms with van der Waals surface area (Å²) in [5, 5.41) is 5.83. The Labute approximate surface area is 135 Å². The minimum absolute atomic E-state index is 0.0179. The van der Waals surface area contributed by atoms with Gasteiger partial charge in [-0.2, -0.15) is 0 Å². The van der Waals surface area contributed by atoms with E-state index in [4.69, 9.17) is 0 Å². The summed E-state index contributed by atoms with van der Waals surface area (Å²) < 4.78 is 13.4. The second kappa shape index (κ2) is 6.66. The van der Waals surface area contributed by atoms with Gasteiger partial charge in [-0.25, -0.2) is 4.39 Å². The lowest BCUT2D eigenvalue weighted by atomic mass is 9.88. The van der Waals surface area contributed by atoms with Crippen LogP contribution in [0.25, 0.3) is 0 Å². The van der Waals surface area contributed by atoms with Gasteiger partial charge < -0.3 is 15.5 Å². The van der Waals surface area contributed by atoms with Gasteiger partial charge >= 0.3 is 0 Å². The monoisotopic (exact) mass is 319 g/mol. The van der Waals surface area contributed by atoms with Crippen LogP contribution in [-0.2, 0) is 9.59 Å². The van der Waals surface area contributed by atoms with Crippen LogP contribution in [0.3, 0.4) is 0 Å². The number of benzene rings is 1. The lowest BCUT2D eigenvalue weighted by Gasteiger charge is -2.35. The Balaban J connectivity index is 1.74. The molecule has 0 aromatic heterocycles. The number of halogens is 1. The van der Waals surface area contributed by atoms with Crippen LogP contribution in [0.15, 0.2) is 18.2 Å². The summed E-state index contributed by atoms with van der Waals surface area (Å²) in [7, 11) is 1.94. The Bertz CT molecular complexity index is 612. The highest BCUT2D eigenvalue weighted by Crippen LogP contribution is 2.34. The molecule has 1 aromatic rings. The van der Waals surface area contributed by atoms with E-state index in [1.807, 2.05) is 11.9 Å². The van der Waals surface area contributed by atoms with Gasteiger partial charge in [0, 0.05) is 25.2 Å². The molecule has 1 fully saturated rings. The van der Waals surface area contributed by atoms with Crippen LogP contribution < -0.4 is 10.6 Å². The highest BCUT2D eigenvalue weighted by molar-refractivity contribution is 6.01.